The molecule has 3 rings (SSSR count). The molecule has 1 aromatic heterocycles. The highest BCUT2D eigenvalue weighted by molar-refractivity contribution is 7.89. The van der Waals surface area contributed by atoms with Gasteiger partial charge in [-0.05, 0) is 42.0 Å². The van der Waals surface area contributed by atoms with Crippen LogP contribution in [0.4, 0.5) is 10.1 Å². The third kappa shape index (κ3) is 4.74. The highest BCUT2D eigenvalue weighted by atomic mass is 32.2. The number of aromatic nitrogens is 1. The van der Waals surface area contributed by atoms with Crippen LogP contribution in [0.15, 0.2) is 53.9 Å². The van der Waals surface area contributed by atoms with Gasteiger partial charge in [0.05, 0.1) is 5.75 Å². The van der Waals surface area contributed by atoms with Crippen molar-refractivity contribution < 1.29 is 17.6 Å². The third-order valence-corrected chi connectivity index (χ3v) is 5.19. The van der Waals surface area contributed by atoms with Crippen LogP contribution < -0.4 is 5.32 Å². The van der Waals surface area contributed by atoms with Crippen molar-refractivity contribution >= 4 is 32.8 Å². The van der Waals surface area contributed by atoms with Gasteiger partial charge in [-0.15, -0.1) is 11.3 Å². The van der Waals surface area contributed by atoms with Crippen LogP contribution in [0.3, 0.4) is 0 Å². The van der Waals surface area contributed by atoms with E-state index in [9.17, 15) is 17.6 Å². The summed E-state index contributed by atoms with van der Waals surface area (Å²) in [6.07, 6.45) is 1.16. The molecule has 5 nitrogen and oxygen atoms in total. The summed E-state index contributed by atoms with van der Waals surface area (Å²) in [6.45, 7) is 0. The van der Waals surface area contributed by atoms with Gasteiger partial charge in [0.1, 0.15) is 16.5 Å². The van der Waals surface area contributed by atoms with Crippen LogP contribution >= 0.6 is 11.3 Å². The summed E-state index contributed by atoms with van der Waals surface area (Å²) < 4.78 is 35.8. The summed E-state index contributed by atoms with van der Waals surface area (Å²) in [5.41, 5.74) is 2.05. The van der Waals surface area contributed by atoms with Crippen LogP contribution in [0.5, 0.6) is 0 Å². The molecule has 0 atom stereocenters. The average molecular weight is 390 g/mol. The van der Waals surface area contributed by atoms with Crippen molar-refractivity contribution in [3.05, 3.63) is 71.0 Å². The Morgan fingerprint density at radius 2 is 1.92 bits per heavy atom. The van der Waals surface area contributed by atoms with E-state index < -0.39 is 15.7 Å². The fourth-order valence-corrected chi connectivity index (χ4v) is 3.93. The quantitative estimate of drug-likeness (QED) is 0.720. The molecule has 26 heavy (non-hydrogen) atoms. The molecule has 1 heterocycles. The van der Waals surface area contributed by atoms with Gasteiger partial charge >= 0.3 is 0 Å². The first-order valence-electron chi connectivity index (χ1n) is 7.60. The first kappa shape index (κ1) is 18.2. The molecule has 0 bridgehead atoms. The van der Waals surface area contributed by atoms with Gasteiger partial charge in [-0.1, -0.05) is 12.1 Å². The average Bonchev–Trinajstić information content (AvgIpc) is 3.04. The molecule has 0 aliphatic heterocycles. The lowest BCUT2D eigenvalue weighted by molar-refractivity contribution is 0.102. The molecule has 0 saturated carbocycles. The molecule has 8 heteroatoms. The van der Waals surface area contributed by atoms with Crippen molar-refractivity contribution in [2.24, 2.45) is 0 Å². The van der Waals surface area contributed by atoms with Crippen molar-refractivity contribution in [3.8, 4) is 10.6 Å². The van der Waals surface area contributed by atoms with E-state index in [1.165, 1.54) is 23.5 Å². The Bertz CT molecular complexity index is 1040. The SMILES string of the molecule is CS(=O)(=O)Cc1cccc(NC(=O)c2csc(-c3ccc(F)cc3)n2)c1. The number of halogens is 1. The maximum atomic E-state index is 13.0. The number of rotatable bonds is 5. The molecular weight excluding hydrogens is 375 g/mol. The third-order valence-electron chi connectivity index (χ3n) is 3.44. The van der Waals surface area contributed by atoms with Gasteiger partial charge < -0.3 is 5.32 Å². The maximum absolute atomic E-state index is 13.0. The maximum Gasteiger partial charge on any atom is 0.275 e. The van der Waals surface area contributed by atoms with E-state index in [1.54, 1.807) is 41.8 Å². The van der Waals surface area contributed by atoms with Gasteiger partial charge in [0.25, 0.3) is 5.91 Å². The van der Waals surface area contributed by atoms with E-state index in [0.717, 1.165) is 11.8 Å². The summed E-state index contributed by atoms with van der Waals surface area (Å²) in [4.78, 5) is 16.6. The molecule has 1 N–H and O–H groups in total. The normalized spacial score (nSPS) is 11.3. The number of hydrogen-bond acceptors (Lipinski definition) is 5. The first-order valence-corrected chi connectivity index (χ1v) is 10.5. The molecule has 0 aliphatic rings. The Morgan fingerprint density at radius 1 is 1.19 bits per heavy atom. The summed E-state index contributed by atoms with van der Waals surface area (Å²) in [7, 11) is -3.16. The highest BCUT2D eigenvalue weighted by Gasteiger charge is 2.13. The fraction of sp³-hybridized carbons (Fsp3) is 0.111. The minimum atomic E-state index is -3.16. The largest absolute Gasteiger partial charge is 0.321 e. The summed E-state index contributed by atoms with van der Waals surface area (Å²) in [5, 5.41) is 4.94. The lowest BCUT2D eigenvalue weighted by Gasteiger charge is -2.06. The van der Waals surface area contributed by atoms with Crippen LogP contribution in [-0.4, -0.2) is 25.6 Å². The van der Waals surface area contributed by atoms with Crippen LogP contribution in [0.1, 0.15) is 16.1 Å². The number of anilines is 1. The van der Waals surface area contributed by atoms with E-state index >= 15 is 0 Å². The van der Waals surface area contributed by atoms with Crippen molar-refractivity contribution in [2.45, 2.75) is 5.75 Å². The zero-order valence-corrected chi connectivity index (χ0v) is 15.4. The smallest absolute Gasteiger partial charge is 0.275 e. The molecule has 0 aliphatic carbocycles. The Balaban J connectivity index is 1.75. The second kappa shape index (κ2) is 7.35. The fourth-order valence-electron chi connectivity index (χ4n) is 2.34. The summed E-state index contributed by atoms with van der Waals surface area (Å²) >= 11 is 1.28. The van der Waals surface area contributed by atoms with E-state index in [4.69, 9.17) is 0 Å². The van der Waals surface area contributed by atoms with Gasteiger partial charge in [0, 0.05) is 22.9 Å². The number of hydrogen-bond donors (Lipinski definition) is 1. The number of amides is 1. The molecule has 0 unspecified atom stereocenters. The molecule has 3 aromatic rings. The van der Waals surface area contributed by atoms with E-state index in [0.29, 0.717) is 16.3 Å². The lowest BCUT2D eigenvalue weighted by atomic mass is 10.2. The Labute approximate surface area is 154 Å². The molecule has 0 saturated heterocycles. The van der Waals surface area contributed by atoms with E-state index in [2.05, 4.69) is 10.3 Å². The Hall–Kier alpha value is -2.58. The van der Waals surface area contributed by atoms with Crippen LogP contribution in [0.2, 0.25) is 0 Å². The van der Waals surface area contributed by atoms with Gasteiger partial charge in [-0.25, -0.2) is 17.8 Å². The lowest BCUT2D eigenvalue weighted by Crippen LogP contribution is -2.12. The van der Waals surface area contributed by atoms with Gasteiger partial charge in [-0.3, -0.25) is 4.79 Å². The predicted octanol–water partition coefficient (Wildman–Crippen LogP) is 3.75. The minimum absolute atomic E-state index is 0.0951. The number of nitrogens with zero attached hydrogens (tertiary/aromatic N) is 1. The van der Waals surface area contributed by atoms with Crippen molar-refractivity contribution in [2.75, 3.05) is 11.6 Å². The van der Waals surface area contributed by atoms with Crippen LogP contribution in [0, 0.1) is 5.82 Å². The van der Waals surface area contributed by atoms with Gasteiger partial charge in [0.15, 0.2) is 9.84 Å². The first-order chi connectivity index (χ1) is 12.3. The molecule has 1 amide bonds. The number of sulfone groups is 1. The monoisotopic (exact) mass is 390 g/mol. The van der Waals surface area contributed by atoms with E-state index in [-0.39, 0.29) is 17.3 Å². The summed E-state index contributed by atoms with van der Waals surface area (Å²) in [6, 6.07) is 12.5. The number of thiazole rings is 1. The summed E-state index contributed by atoms with van der Waals surface area (Å²) in [5.74, 6) is -0.828. The Morgan fingerprint density at radius 3 is 2.62 bits per heavy atom. The Kier molecular flexibility index (Phi) is 5.15. The van der Waals surface area contributed by atoms with E-state index in [1.807, 2.05) is 0 Å². The molecule has 2 aromatic carbocycles. The van der Waals surface area contributed by atoms with Gasteiger partial charge in [-0.2, -0.15) is 0 Å². The van der Waals surface area contributed by atoms with Crippen molar-refractivity contribution in [1.82, 2.24) is 4.98 Å². The number of carbonyl (C=O) groups is 1. The minimum Gasteiger partial charge on any atom is -0.321 e. The van der Waals surface area contributed by atoms with Crippen molar-refractivity contribution in [3.63, 3.8) is 0 Å². The van der Waals surface area contributed by atoms with Gasteiger partial charge in [0.2, 0.25) is 0 Å². The zero-order chi connectivity index (χ0) is 18.7. The standard InChI is InChI=1S/C18H15FN2O3S2/c1-26(23,24)11-12-3-2-4-15(9-12)20-17(22)16-10-25-18(21-16)13-5-7-14(19)8-6-13/h2-10H,11H2,1H3,(H,20,22). The van der Waals surface area contributed by atoms with Crippen molar-refractivity contribution in [1.29, 1.82) is 0 Å². The molecule has 0 radical (unpaired) electrons. The number of benzene rings is 2. The highest BCUT2D eigenvalue weighted by Crippen LogP contribution is 2.24. The second-order valence-electron chi connectivity index (χ2n) is 5.77. The molecule has 134 valence electrons. The molecule has 0 fully saturated rings. The number of carbonyl (C=O) groups excluding carboxylic acids is 1. The molecule has 0 spiro atoms. The molecular formula is C18H15FN2O3S2. The zero-order valence-electron chi connectivity index (χ0n) is 13.8. The number of nitrogens with one attached hydrogen (secondary N) is 1. The predicted molar refractivity (Wildman–Crippen MR) is 100 cm³/mol. The topological polar surface area (TPSA) is 76.1 Å². The van der Waals surface area contributed by atoms with Crippen LogP contribution in [-0.2, 0) is 15.6 Å². The second-order valence-corrected chi connectivity index (χ2v) is 8.77. The van der Waals surface area contributed by atoms with Crippen LogP contribution in [0.25, 0.3) is 10.6 Å².